The van der Waals surface area contributed by atoms with Crippen LogP contribution in [0.1, 0.15) is 51.0 Å². The Morgan fingerprint density at radius 1 is 1.22 bits per heavy atom. The third-order valence-corrected chi connectivity index (χ3v) is 7.49. The van der Waals surface area contributed by atoms with Crippen molar-refractivity contribution in [3.8, 4) is 0 Å². The lowest BCUT2D eigenvalue weighted by atomic mass is 9.69. The molecule has 150 valence electrons. The molecule has 0 bridgehead atoms. The van der Waals surface area contributed by atoms with Gasteiger partial charge >= 0.3 is 0 Å². The fraction of sp³-hybridized carbons (Fsp3) is 0.650. The number of guanidine groups is 1. The van der Waals surface area contributed by atoms with Gasteiger partial charge in [-0.3, -0.25) is 4.99 Å². The maximum Gasteiger partial charge on any atom is 0.191 e. The molecule has 3 rings (SSSR count). The van der Waals surface area contributed by atoms with Crippen LogP contribution in [0, 0.1) is 5.82 Å². The molecule has 1 atom stereocenters. The highest BCUT2D eigenvalue weighted by Crippen LogP contribution is 2.39. The predicted octanol–water partition coefficient (Wildman–Crippen LogP) is 2.77. The highest BCUT2D eigenvalue weighted by atomic mass is 32.2. The van der Waals surface area contributed by atoms with Gasteiger partial charge < -0.3 is 10.6 Å². The van der Waals surface area contributed by atoms with Gasteiger partial charge in [0.25, 0.3) is 0 Å². The van der Waals surface area contributed by atoms with Gasteiger partial charge in [-0.2, -0.15) is 0 Å². The molecule has 1 aromatic rings. The molecule has 7 heteroatoms. The Morgan fingerprint density at radius 3 is 2.52 bits per heavy atom. The van der Waals surface area contributed by atoms with E-state index in [0.717, 1.165) is 37.8 Å². The van der Waals surface area contributed by atoms with Crippen LogP contribution >= 0.6 is 0 Å². The zero-order valence-electron chi connectivity index (χ0n) is 16.0. The standard InChI is InChI=1S/C20H30FN3O2S/c1-2-22-19(24-18-10-13-27(25,26)14-18)23-15-20(11-4-3-5-12-20)16-6-8-17(21)9-7-16/h6-9,18H,2-5,10-15H2,1H3,(H2,22,23,24). The Kier molecular flexibility index (Phi) is 6.40. The van der Waals surface area contributed by atoms with E-state index in [-0.39, 0.29) is 28.8 Å². The van der Waals surface area contributed by atoms with Crippen molar-refractivity contribution in [3.05, 3.63) is 35.6 Å². The van der Waals surface area contributed by atoms with Gasteiger partial charge in [-0.15, -0.1) is 0 Å². The minimum Gasteiger partial charge on any atom is -0.357 e. The summed E-state index contributed by atoms with van der Waals surface area (Å²) < 4.78 is 36.8. The van der Waals surface area contributed by atoms with E-state index in [4.69, 9.17) is 4.99 Å². The minimum absolute atomic E-state index is 0.0734. The predicted molar refractivity (Wildman–Crippen MR) is 107 cm³/mol. The van der Waals surface area contributed by atoms with E-state index < -0.39 is 9.84 Å². The number of benzene rings is 1. The summed E-state index contributed by atoms with van der Waals surface area (Å²) in [7, 11) is -2.93. The largest absolute Gasteiger partial charge is 0.357 e. The second-order valence-electron chi connectivity index (χ2n) is 7.79. The molecular formula is C20H30FN3O2S. The lowest BCUT2D eigenvalue weighted by Gasteiger charge is -2.37. The normalized spacial score (nSPS) is 24.5. The van der Waals surface area contributed by atoms with E-state index in [0.29, 0.717) is 18.9 Å². The first-order valence-corrected chi connectivity index (χ1v) is 11.8. The number of nitrogens with one attached hydrogen (secondary N) is 2. The summed E-state index contributed by atoms with van der Waals surface area (Å²) in [6.45, 7) is 3.33. The molecule has 0 radical (unpaired) electrons. The van der Waals surface area contributed by atoms with Gasteiger partial charge in [-0.1, -0.05) is 31.4 Å². The fourth-order valence-electron chi connectivity index (χ4n) is 4.22. The average Bonchev–Trinajstić information content (AvgIpc) is 3.00. The Hall–Kier alpha value is -1.63. The fourth-order valence-corrected chi connectivity index (χ4v) is 5.90. The molecule has 1 saturated heterocycles. The highest BCUT2D eigenvalue weighted by molar-refractivity contribution is 7.91. The molecule has 1 unspecified atom stereocenters. The van der Waals surface area contributed by atoms with Gasteiger partial charge in [0, 0.05) is 18.0 Å². The minimum atomic E-state index is -2.93. The number of halogens is 1. The summed E-state index contributed by atoms with van der Waals surface area (Å²) in [6.07, 6.45) is 6.23. The number of hydrogen-bond donors (Lipinski definition) is 2. The summed E-state index contributed by atoms with van der Waals surface area (Å²) in [6, 6.07) is 6.76. The van der Waals surface area contributed by atoms with Crippen molar-refractivity contribution in [2.24, 2.45) is 4.99 Å². The summed E-state index contributed by atoms with van der Waals surface area (Å²) >= 11 is 0. The molecule has 1 heterocycles. The average molecular weight is 396 g/mol. The SMILES string of the molecule is CCNC(=NCC1(c2ccc(F)cc2)CCCCC1)NC1CCS(=O)(=O)C1. The highest BCUT2D eigenvalue weighted by Gasteiger charge is 2.34. The van der Waals surface area contributed by atoms with Crippen molar-refractivity contribution in [1.82, 2.24) is 10.6 Å². The zero-order chi connectivity index (χ0) is 19.3. The smallest absolute Gasteiger partial charge is 0.191 e. The van der Waals surface area contributed by atoms with Crippen molar-refractivity contribution < 1.29 is 12.8 Å². The molecule has 1 aromatic carbocycles. The van der Waals surface area contributed by atoms with Gasteiger partial charge in [0.15, 0.2) is 15.8 Å². The Labute approximate surface area is 161 Å². The maximum atomic E-state index is 13.4. The van der Waals surface area contributed by atoms with Crippen molar-refractivity contribution in [2.75, 3.05) is 24.6 Å². The molecule has 0 amide bonds. The first-order valence-electron chi connectivity index (χ1n) is 9.94. The maximum absolute atomic E-state index is 13.4. The molecular weight excluding hydrogens is 365 g/mol. The monoisotopic (exact) mass is 395 g/mol. The van der Waals surface area contributed by atoms with E-state index in [9.17, 15) is 12.8 Å². The second kappa shape index (κ2) is 8.59. The molecule has 0 spiro atoms. The van der Waals surface area contributed by atoms with Crippen LogP contribution < -0.4 is 10.6 Å². The third kappa shape index (κ3) is 5.21. The lowest BCUT2D eigenvalue weighted by molar-refractivity contribution is 0.300. The first-order chi connectivity index (χ1) is 12.9. The second-order valence-corrected chi connectivity index (χ2v) is 10.0. The number of sulfone groups is 1. The molecule has 2 N–H and O–H groups in total. The van der Waals surface area contributed by atoms with Crippen LogP contribution in [0.5, 0.6) is 0 Å². The molecule has 1 aliphatic heterocycles. The van der Waals surface area contributed by atoms with Crippen molar-refractivity contribution >= 4 is 15.8 Å². The number of aliphatic imine (C=N–C) groups is 1. The Bertz CT molecular complexity index is 756. The molecule has 2 aliphatic rings. The third-order valence-electron chi connectivity index (χ3n) is 5.72. The van der Waals surface area contributed by atoms with E-state index in [1.54, 1.807) is 0 Å². The van der Waals surface area contributed by atoms with E-state index in [1.165, 1.54) is 18.6 Å². The van der Waals surface area contributed by atoms with Crippen molar-refractivity contribution in [2.45, 2.75) is 56.9 Å². The van der Waals surface area contributed by atoms with Crippen LogP contribution in [-0.2, 0) is 15.3 Å². The topological polar surface area (TPSA) is 70.6 Å². The number of hydrogen-bond acceptors (Lipinski definition) is 3. The quantitative estimate of drug-likeness (QED) is 0.594. The molecule has 0 aromatic heterocycles. The van der Waals surface area contributed by atoms with E-state index >= 15 is 0 Å². The van der Waals surface area contributed by atoms with E-state index in [1.807, 2.05) is 19.1 Å². The van der Waals surface area contributed by atoms with Crippen LogP contribution in [0.25, 0.3) is 0 Å². The van der Waals surface area contributed by atoms with Gasteiger partial charge in [-0.25, -0.2) is 12.8 Å². The van der Waals surface area contributed by atoms with Crippen LogP contribution in [0.15, 0.2) is 29.3 Å². The lowest BCUT2D eigenvalue weighted by Crippen LogP contribution is -2.45. The van der Waals surface area contributed by atoms with Gasteiger partial charge in [-0.05, 0) is 43.9 Å². The Balaban J connectivity index is 1.77. The number of rotatable bonds is 5. The van der Waals surface area contributed by atoms with Gasteiger partial charge in [0.2, 0.25) is 0 Å². The summed E-state index contributed by atoms with van der Waals surface area (Å²) in [5.41, 5.74) is 1.07. The summed E-state index contributed by atoms with van der Waals surface area (Å²) in [5.74, 6) is 0.863. The molecule has 2 fully saturated rings. The molecule has 5 nitrogen and oxygen atoms in total. The molecule has 27 heavy (non-hydrogen) atoms. The van der Waals surface area contributed by atoms with Crippen LogP contribution in [0.3, 0.4) is 0 Å². The number of nitrogens with zero attached hydrogens (tertiary/aromatic N) is 1. The van der Waals surface area contributed by atoms with Crippen molar-refractivity contribution in [3.63, 3.8) is 0 Å². The van der Waals surface area contributed by atoms with E-state index in [2.05, 4.69) is 10.6 Å². The molecule has 1 aliphatic carbocycles. The summed E-state index contributed by atoms with van der Waals surface area (Å²) in [4.78, 5) is 4.83. The van der Waals surface area contributed by atoms with Crippen molar-refractivity contribution in [1.29, 1.82) is 0 Å². The Morgan fingerprint density at radius 2 is 1.93 bits per heavy atom. The zero-order valence-corrected chi connectivity index (χ0v) is 16.8. The van der Waals surface area contributed by atoms with Crippen LogP contribution in [0.2, 0.25) is 0 Å². The van der Waals surface area contributed by atoms with Gasteiger partial charge in [0.05, 0.1) is 18.1 Å². The molecule has 1 saturated carbocycles. The van der Waals surface area contributed by atoms with Gasteiger partial charge in [0.1, 0.15) is 5.82 Å². The first kappa shape index (κ1) is 20.1. The summed E-state index contributed by atoms with van der Waals surface area (Å²) in [5, 5.41) is 6.53. The van der Waals surface area contributed by atoms with Crippen LogP contribution in [-0.4, -0.2) is 45.0 Å². The van der Waals surface area contributed by atoms with Crippen LogP contribution in [0.4, 0.5) is 4.39 Å².